The number of rotatable bonds is 12. The average molecular weight is 335 g/mol. The zero-order valence-electron chi connectivity index (χ0n) is 13.9. The molecule has 0 spiro atoms. The lowest BCUT2D eigenvalue weighted by Gasteiger charge is -2.26. The zero-order valence-corrected chi connectivity index (χ0v) is 14.7. The van der Waals surface area contributed by atoms with Crippen molar-refractivity contribution in [2.45, 2.75) is 52.5 Å². The van der Waals surface area contributed by atoms with Gasteiger partial charge < -0.3 is 14.2 Å². The summed E-state index contributed by atoms with van der Waals surface area (Å²) in [6.45, 7) is 11.4. The second-order valence-electron chi connectivity index (χ2n) is 5.73. The number of ether oxygens (including phenoxy) is 1. The fourth-order valence-electron chi connectivity index (χ4n) is 2.21. The lowest BCUT2D eigenvalue weighted by molar-refractivity contribution is -0.923. The van der Waals surface area contributed by atoms with E-state index >= 15 is 0 Å². The van der Waals surface area contributed by atoms with Gasteiger partial charge in [-0.2, -0.15) is 0 Å². The van der Waals surface area contributed by atoms with E-state index in [-0.39, 0.29) is 17.8 Å². The molecule has 0 radical (unpaired) electrons. The SMILES string of the molecule is C=C(C)C(=O)OCCCC[NH+](CCC)C(C)CCS(=O)(=O)[O-]. The van der Waals surface area contributed by atoms with E-state index < -0.39 is 10.1 Å². The van der Waals surface area contributed by atoms with E-state index in [2.05, 4.69) is 13.5 Å². The first kappa shape index (κ1) is 21.1. The molecule has 2 atom stereocenters. The Morgan fingerprint density at radius 1 is 1.32 bits per heavy atom. The molecule has 7 heteroatoms. The van der Waals surface area contributed by atoms with Crippen LogP contribution in [0.2, 0.25) is 0 Å². The first-order valence-electron chi connectivity index (χ1n) is 7.78. The van der Waals surface area contributed by atoms with Gasteiger partial charge in [-0.25, -0.2) is 13.2 Å². The zero-order chi connectivity index (χ0) is 17.2. The largest absolute Gasteiger partial charge is 0.748 e. The summed E-state index contributed by atoms with van der Waals surface area (Å²) in [5.41, 5.74) is 0.394. The monoisotopic (exact) mass is 335 g/mol. The molecule has 0 bridgehead atoms. The fraction of sp³-hybridized carbons (Fsp3) is 0.800. The summed E-state index contributed by atoms with van der Waals surface area (Å²) >= 11 is 0. The number of hydrogen-bond acceptors (Lipinski definition) is 5. The van der Waals surface area contributed by atoms with E-state index in [4.69, 9.17) is 4.74 Å². The Hall–Kier alpha value is -0.920. The van der Waals surface area contributed by atoms with Gasteiger partial charge in [0.15, 0.2) is 0 Å². The molecule has 0 saturated carbocycles. The van der Waals surface area contributed by atoms with Gasteiger partial charge in [-0.3, -0.25) is 0 Å². The van der Waals surface area contributed by atoms with Crippen molar-refractivity contribution in [3.05, 3.63) is 12.2 Å². The molecule has 2 unspecified atom stereocenters. The maximum absolute atomic E-state index is 11.2. The molecule has 0 aromatic heterocycles. The van der Waals surface area contributed by atoms with Gasteiger partial charge in [0.05, 0.1) is 35.9 Å². The number of nitrogens with one attached hydrogen (secondary N) is 1. The van der Waals surface area contributed by atoms with E-state index in [1.54, 1.807) is 6.92 Å². The van der Waals surface area contributed by atoms with Crippen molar-refractivity contribution in [1.82, 2.24) is 0 Å². The lowest BCUT2D eigenvalue weighted by Crippen LogP contribution is -3.15. The van der Waals surface area contributed by atoms with Crippen molar-refractivity contribution >= 4 is 16.1 Å². The van der Waals surface area contributed by atoms with Gasteiger partial charge in [-0.1, -0.05) is 13.5 Å². The van der Waals surface area contributed by atoms with E-state index in [0.717, 1.165) is 32.4 Å². The number of hydrogen-bond donors (Lipinski definition) is 1. The van der Waals surface area contributed by atoms with Crippen LogP contribution in [-0.2, 0) is 19.6 Å². The quantitative estimate of drug-likeness (QED) is 0.243. The van der Waals surface area contributed by atoms with E-state index in [9.17, 15) is 17.8 Å². The first-order chi connectivity index (χ1) is 10.2. The molecule has 1 N–H and O–H groups in total. The van der Waals surface area contributed by atoms with Gasteiger partial charge in [-0.15, -0.1) is 0 Å². The summed E-state index contributed by atoms with van der Waals surface area (Å²) in [4.78, 5) is 12.5. The Morgan fingerprint density at radius 2 is 1.95 bits per heavy atom. The highest BCUT2D eigenvalue weighted by Gasteiger charge is 2.17. The van der Waals surface area contributed by atoms with Crippen LogP contribution >= 0.6 is 0 Å². The minimum atomic E-state index is -4.14. The number of carbonyl (C=O) groups excluding carboxylic acids is 1. The van der Waals surface area contributed by atoms with Crippen molar-refractivity contribution in [3.63, 3.8) is 0 Å². The molecule has 0 aliphatic rings. The minimum Gasteiger partial charge on any atom is -0.748 e. The number of carbonyl (C=O) groups is 1. The number of unbranched alkanes of at least 4 members (excludes halogenated alkanes) is 1. The van der Waals surface area contributed by atoms with E-state index in [1.165, 1.54) is 4.90 Å². The highest BCUT2D eigenvalue weighted by molar-refractivity contribution is 7.85. The molecule has 0 saturated heterocycles. The van der Waals surface area contributed by atoms with Gasteiger partial charge in [-0.05, 0) is 33.1 Å². The topological polar surface area (TPSA) is 87.9 Å². The number of esters is 1. The third-order valence-corrected chi connectivity index (χ3v) is 4.28. The Balaban J connectivity index is 4.08. The van der Waals surface area contributed by atoms with Gasteiger partial charge in [0.2, 0.25) is 0 Å². The third-order valence-electron chi connectivity index (χ3n) is 3.54. The summed E-state index contributed by atoms with van der Waals surface area (Å²) in [5, 5.41) is 0. The molecular formula is C15H29NO5S. The molecule has 0 rings (SSSR count). The van der Waals surface area contributed by atoms with Crippen LogP contribution in [0.15, 0.2) is 12.2 Å². The smallest absolute Gasteiger partial charge is 0.333 e. The Kier molecular flexibility index (Phi) is 10.3. The molecule has 6 nitrogen and oxygen atoms in total. The van der Waals surface area contributed by atoms with Crippen LogP contribution in [0.25, 0.3) is 0 Å². The second kappa shape index (κ2) is 10.7. The maximum atomic E-state index is 11.2. The van der Waals surface area contributed by atoms with Gasteiger partial charge in [0, 0.05) is 17.7 Å². The predicted octanol–water partition coefficient (Wildman–Crippen LogP) is 0.505. The summed E-state index contributed by atoms with van der Waals surface area (Å²) in [6.07, 6.45) is 3.02. The molecule has 0 aliphatic carbocycles. The minimum absolute atomic E-state index is 0.127. The molecule has 22 heavy (non-hydrogen) atoms. The number of quaternary nitrogens is 1. The summed E-state index contributed by atoms with van der Waals surface area (Å²) in [6, 6.07) is 0.127. The van der Waals surface area contributed by atoms with Crippen LogP contribution in [-0.4, -0.2) is 50.4 Å². The van der Waals surface area contributed by atoms with Crippen molar-refractivity contribution < 1.29 is 27.4 Å². The molecule has 0 fully saturated rings. The van der Waals surface area contributed by atoms with Crippen LogP contribution in [0.1, 0.15) is 46.5 Å². The predicted molar refractivity (Wildman–Crippen MR) is 84.6 cm³/mol. The van der Waals surface area contributed by atoms with Crippen molar-refractivity contribution in [1.29, 1.82) is 0 Å². The Morgan fingerprint density at radius 3 is 2.45 bits per heavy atom. The van der Waals surface area contributed by atoms with Crippen molar-refractivity contribution in [2.24, 2.45) is 0 Å². The third kappa shape index (κ3) is 10.8. The maximum Gasteiger partial charge on any atom is 0.333 e. The van der Waals surface area contributed by atoms with Crippen LogP contribution < -0.4 is 4.90 Å². The van der Waals surface area contributed by atoms with Crippen molar-refractivity contribution in [3.8, 4) is 0 Å². The van der Waals surface area contributed by atoms with Crippen LogP contribution in [0, 0.1) is 0 Å². The van der Waals surface area contributed by atoms with Crippen molar-refractivity contribution in [2.75, 3.05) is 25.4 Å². The molecular weight excluding hydrogens is 306 g/mol. The average Bonchev–Trinajstić information content (AvgIpc) is 2.42. The molecule has 0 amide bonds. The molecule has 0 aromatic rings. The van der Waals surface area contributed by atoms with Crippen LogP contribution in [0.4, 0.5) is 0 Å². The van der Waals surface area contributed by atoms with Crippen LogP contribution in [0.5, 0.6) is 0 Å². The highest BCUT2D eigenvalue weighted by Crippen LogP contribution is 1.96. The van der Waals surface area contributed by atoms with E-state index in [1.807, 2.05) is 6.92 Å². The second-order valence-corrected chi connectivity index (χ2v) is 7.26. The summed E-state index contributed by atoms with van der Waals surface area (Å²) < 4.78 is 37.2. The first-order valence-corrected chi connectivity index (χ1v) is 9.35. The summed E-state index contributed by atoms with van der Waals surface area (Å²) in [7, 11) is -4.14. The molecule has 130 valence electrons. The van der Waals surface area contributed by atoms with Crippen LogP contribution in [0.3, 0.4) is 0 Å². The van der Waals surface area contributed by atoms with E-state index in [0.29, 0.717) is 18.6 Å². The normalized spacial score (nSPS) is 14.4. The van der Waals surface area contributed by atoms with Gasteiger partial charge >= 0.3 is 5.97 Å². The Labute approximate surface area is 134 Å². The molecule has 0 aromatic carbocycles. The summed E-state index contributed by atoms with van der Waals surface area (Å²) in [5.74, 6) is -0.677. The standard InChI is InChI=1S/C15H29NO5S/c1-5-9-16(14(4)8-12-22(18,19)20)10-6-7-11-21-15(17)13(2)3/h14H,2,5-12H2,1,3-4H3,(H,18,19,20). The fourth-order valence-corrected chi connectivity index (χ4v) is 2.85. The molecule has 0 heterocycles. The lowest BCUT2D eigenvalue weighted by atomic mass is 10.2. The van der Waals surface area contributed by atoms with Gasteiger partial charge in [0.25, 0.3) is 0 Å². The Bertz CT molecular complexity index is 447. The highest BCUT2D eigenvalue weighted by atomic mass is 32.2. The van der Waals surface area contributed by atoms with Gasteiger partial charge in [0.1, 0.15) is 0 Å². The molecule has 0 aliphatic heterocycles.